The molecule has 1 amide bonds. The molecule has 0 spiro atoms. The Bertz CT molecular complexity index is 1110. The Morgan fingerprint density at radius 3 is 2.61 bits per heavy atom. The van der Waals surface area contributed by atoms with E-state index in [1.165, 1.54) is 11.6 Å². The summed E-state index contributed by atoms with van der Waals surface area (Å²) in [5.74, 6) is 1.25. The quantitative estimate of drug-likeness (QED) is 0.545. The van der Waals surface area contributed by atoms with Gasteiger partial charge in [-0.1, -0.05) is 53.2 Å². The van der Waals surface area contributed by atoms with Crippen molar-refractivity contribution in [3.05, 3.63) is 71.4 Å². The van der Waals surface area contributed by atoms with Crippen molar-refractivity contribution in [3.8, 4) is 11.4 Å². The normalized spacial score (nSPS) is 20.7. The van der Waals surface area contributed by atoms with E-state index in [-0.39, 0.29) is 23.6 Å². The van der Waals surface area contributed by atoms with Crippen LogP contribution in [0.15, 0.2) is 53.1 Å². The van der Waals surface area contributed by atoms with Crippen LogP contribution in [0.3, 0.4) is 0 Å². The number of piperazine rings is 1. The first-order valence-corrected chi connectivity index (χ1v) is 11.7. The van der Waals surface area contributed by atoms with Gasteiger partial charge in [-0.15, -0.1) is 0 Å². The van der Waals surface area contributed by atoms with Gasteiger partial charge in [-0.05, 0) is 43.9 Å². The minimum Gasteiger partial charge on any atom is -0.340 e. The molecular formula is C26H29FN4O2. The fraction of sp³-hybridized carbons (Fsp3) is 0.423. The molecule has 1 aliphatic carbocycles. The van der Waals surface area contributed by atoms with Crippen LogP contribution in [-0.4, -0.2) is 58.6 Å². The maximum atomic E-state index is 14.0. The van der Waals surface area contributed by atoms with Crippen molar-refractivity contribution >= 4 is 5.91 Å². The van der Waals surface area contributed by atoms with Crippen LogP contribution < -0.4 is 0 Å². The summed E-state index contributed by atoms with van der Waals surface area (Å²) in [6.45, 7) is 6.18. The summed E-state index contributed by atoms with van der Waals surface area (Å²) < 4.78 is 19.4. The maximum absolute atomic E-state index is 14.0. The molecule has 0 unspecified atom stereocenters. The second-order valence-corrected chi connectivity index (χ2v) is 9.12. The molecule has 1 saturated carbocycles. The Balaban J connectivity index is 1.04. The molecule has 1 aliphatic heterocycles. The van der Waals surface area contributed by atoms with Crippen LogP contribution in [0, 0.1) is 18.7 Å². The van der Waals surface area contributed by atoms with Crippen LogP contribution in [0.4, 0.5) is 4.39 Å². The van der Waals surface area contributed by atoms with Gasteiger partial charge in [0.2, 0.25) is 17.6 Å². The molecule has 2 aromatic carbocycles. The lowest BCUT2D eigenvalue weighted by Crippen LogP contribution is -2.49. The van der Waals surface area contributed by atoms with Gasteiger partial charge in [0.05, 0.1) is 0 Å². The highest BCUT2D eigenvalue weighted by molar-refractivity contribution is 5.83. The number of amides is 1. The molecule has 0 bridgehead atoms. The van der Waals surface area contributed by atoms with Crippen molar-refractivity contribution in [2.45, 2.75) is 32.1 Å². The average Bonchev–Trinajstić information content (AvgIpc) is 3.49. The van der Waals surface area contributed by atoms with Gasteiger partial charge in [-0.2, -0.15) is 4.98 Å². The van der Waals surface area contributed by atoms with Gasteiger partial charge >= 0.3 is 0 Å². The largest absolute Gasteiger partial charge is 0.340 e. The van der Waals surface area contributed by atoms with E-state index in [1.807, 2.05) is 35.2 Å². The number of rotatable bonds is 7. The average molecular weight is 449 g/mol. The van der Waals surface area contributed by atoms with E-state index >= 15 is 0 Å². The summed E-state index contributed by atoms with van der Waals surface area (Å²) in [6, 6.07) is 14.9. The van der Waals surface area contributed by atoms with E-state index in [2.05, 4.69) is 22.0 Å². The Kier molecular flexibility index (Phi) is 6.22. The summed E-state index contributed by atoms with van der Waals surface area (Å²) in [4.78, 5) is 21.7. The molecule has 2 fully saturated rings. The number of nitrogens with zero attached hydrogens (tertiary/aromatic N) is 4. The van der Waals surface area contributed by atoms with E-state index < -0.39 is 0 Å². The summed E-state index contributed by atoms with van der Waals surface area (Å²) in [5.41, 5.74) is 2.84. The third-order valence-electron chi connectivity index (χ3n) is 6.74. The Hall–Kier alpha value is -3.06. The SMILES string of the molecule is Cc1ccc(-c2noc(CCCN3CCN(C(=O)[C@@H]4C[C@@H]4c4ccccc4F)CC3)n2)cc1. The number of benzene rings is 2. The van der Waals surface area contributed by atoms with Crippen LogP contribution in [0.5, 0.6) is 0 Å². The smallest absolute Gasteiger partial charge is 0.227 e. The lowest BCUT2D eigenvalue weighted by atomic mass is 10.1. The highest BCUT2D eigenvalue weighted by Crippen LogP contribution is 2.49. The monoisotopic (exact) mass is 448 g/mol. The van der Waals surface area contributed by atoms with Gasteiger partial charge < -0.3 is 9.42 Å². The van der Waals surface area contributed by atoms with Gasteiger partial charge in [0.25, 0.3) is 0 Å². The van der Waals surface area contributed by atoms with Crippen molar-refractivity contribution in [1.29, 1.82) is 0 Å². The molecular weight excluding hydrogens is 419 g/mol. The van der Waals surface area contributed by atoms with Crippen LogP contribution in [0.2, 0.25) is 0 Å². The number of carbonyl (C=O) groups excluding carboxylic acids is 1. The van der Waals surface area contributed by atoms with Gasteiger partial charge in [0, 0.05) is 44.1 Å². The molecule has 7 heteroatoms. The van der Waals surface area contributed by atoms with Crippen LogP contribution >= 0.6 is 0 Å². The van der Waals surface area contributed by atoms with E-state index in [0.717, 1.165) is 57.5 Å². The molecule has 1 saturated heterocycles. The van der Waals surface area contributed by atoms with Gasteiger partial charge in [-0.25, -0.2) is 4.39 Å². The van der Waals surface area contributed by atoms with Gasteiger partial charge in [-0.3, -0.25) is 9.69 Å². The molecule has 0 N–H and O–H groups in total. The predicted octanol–water partition coefficient (Wildman–Crippen LogP) is 4.06. The first-order valence-electron chi connectivity index (χ1n) is 11.7. The van der Waals surface area contributed by atoms with Crippen molar-refractivity contribution in [2.75, 3.05) is 32.7 Å². The lowest BCUT2D eigenvalue weighted by molar-refractivity contribution is -0.134. The minimum absolute atomic E-state index is 0.0379. The molecule has 1 aromatic heterocycles. The summed E-state index contributed by atoms with van der Waals surface area (Å²) in [6.07, 6.45) is 2.43. The molecule has 5 rings (SSSR count). The van der Waals surface area contributed by atoms with Gasteiger partial charge in [0.15, 0.2) is 0 Å². The maximum Gasteiger partial charge on any atom is 0.227 e. The molecule has 0 radical (unpaired) electrons. The number of aryl methyl sites for hydroxylation is 2. The fourth-order valence-corrected chi connectivity index (χ4v) is 4.64. The molecule has 33 heavy (non-hydrogen) atoms. The minimum atomic E-state index is -0.199. The second kappa shape index (κ2) is 9.43. The zero-order valence-corrected chi connectivity index (χ0v) is 18.9. The second-order valence-electron chi connectivity index (χ2n) is 9.12. The Morgan fingerprint density at radius 1 is 1.09 bits per heavy atom. The number of hydrogen-bond acceptors (Lipinski definition) is 5. The van der Waals surface area contributed by atoms with Crippen molar-refractivity contribution < 1.29 is 13.7 Å². The molecule has 2 heterocycles. The summed E-state index contributed by atoms with van der Waals surface area (Å²) >= 11 is 0. The van der Waals surface area contributed by atoms with Crippen LogP contribution in [0.25, 0.3) is 11.4 Å². The number of halogens is 1. The zero-order valence-electron chi connectivity index (χ0n) is 18.9. The number of hydrogen-bond donors (Lipinski definition) is 0. The molecule has 2 atom stereocenters. The van der Waals surface area contributed by atoms with E-state index in [1.54, 1.807) is 12.1 Å². The predicted molar refractivity (Wildman–Crippen MR) is 123 cm³/mol. The zero-order chi connectivity index (χ0) is 22.8. The standard InChI is InChI=1S/C26H29FN4O2/c1-18-8-10-19(11-9-18)25-28-24(33-29-25)7-4-12-30-13-15-31(16-14-30)26(32)22-17-21(22)20-5-2-3-6-23(20)27/h2-3,5-6,8-11,21-22H,4,7,12-17H2,1H3/t21-,22-/m1/s1. The Labute approximate surface area is 193 Å². The fourth-order valence-electron chi connectivity index (χ4n) is 4.64. The van der Waals surface area contributed by atoms with Gasteiger partial charge in [0.1, 0.15) is 5.82 Å². The number of carbonyl (C=O) groups is 1. The molecule has 172 valence electrons. The highest BCUT2D eigenvalue weighted by Gasteiger charge is 2.47. The molecule has 2 aliphatic rings. The molecule has 3 aromatic rings. The van der Waals surface area contributed by atoms with Crippen LogP contribution in [0.1, 0.15) is 35.8 Å². The first kappa shape index (κ1) is 21.8. The molecule has 6 nitrogen and oxygen atoms in total. The number of aromatic nitrogens is 2. The van der Waals surface area contributed by atoms with Crippen molar-refractivity contribution in [2.24, 2.45) is 5.92 Å². The van der Waals surface area contributed by atoms with E-state index in [0.29, 0.717) is 17.3 Å². The topological polar surface area (TPSA) is 62.5 Å². The third-order valence-corrected chi connectivity index (χ3v) is 6.74. The highest BCUT2D eigenvalue weighted by atomic mass is 19.1. The Morgan fingerprint density at radius 2 is 1.85 bits per heavy atom. The van der Waals surface area contributed by atoms with Crippen molar-refractivity contribution in [1.82, 2.24) is 19.9 Å². The van der Waals surface area contributed by atoms with Crippen LogP contribution in [-0.2, 0) is 11.2 Å². The van der Waals surface area contributed by atoms with E-state index in [9.17, 15) is 9.18 Å². The van der Waals surface area contributed by atoms with E-state index in [4.69, 9.17) is 4.52 Å². The third kappa shape index (κ3) is 4.98. The van der Waals surface area contributed by atoms with Crippen molar-refractivity contribution in [3.63, 3.8) is 0 Å². The summed E-state index contributed by atoms with van der Waals surface area (Å²) in [7, 11) is 0. The summed E-state index contributed by atoms with van der Waals surface area (Å²) in [5, 5.41) is 4.10. The lowest BCUT2D eigenvalue weighted by Gasteiger charge is -2.35. The first-order chi connectivity index (χ1) is 16.1.